The number of esters is 1. The molecule has 3 rings (SSSR count). The highest BCUT2D eigenvalue weighted by Gasteiger charge is 2.47. The average Bonchev–Trinajstić information content (AvgIpc) is 2.83. The molecule has 0 saturated heterocycles. The lowest BCUT2D eigenvalue weighted by molar-refractivity contribution is -0.154. The zero-order valence-corrected chi connectivity index (χ0v) is 19.7. The van der Waals surface area contributed by atoms with Crippen molar-refractivity contribution in [2.24, 2.45) is 5.92 Å². The summed E-state index contributed by atoms with van der Waals surface area (Å²) in [5.41, 5.74) is 0.721. The lowest BCUT2D eigenvalue weighted by Crippen LogP contribution is -2.44. The molecule has 0 aliphatic rings. The molecule has 0 aliphatic carbocycles. The van der Waals surface area contributed by atoms with Crippen LogP contribution in [0.1, 0.15) is 50.8 Å². The number of para-hydroxylation sites is 1. The van der Waals surface area contributed by atoms with Gasteiger partial charge in [-0.1, -0.05) is 98.6 Å². The van der Waals surface area contributed by atoms with Crippen LogP contribution in [0, 0.1) is 5.92 Å². The van der Waals surface area contributed by atoms with Crippen molar-refractivity contribution >= 4 is 17.6 Å². The second-order valence-corrected chi connectivity index (χ2v) is 8.63. The minimum atomic E-state index is -1.01. The summed E-state index contributed by atoms with van der Waals surface area (Å²) in [6.07, 6.45) is 1.38. The molecular formula is C28H31ClO3. The standard InChI is InChI=1S/C28H31ClO3/c1-4-5-20-31-27(30)28(3,24-18-12-13-19-25(24)29)21(2)26(22-14-8-6-9-15-22)32-23-16-10-7-11-17-23/h6-19,21,26H,4-5,20H2,1-3H3. The third-order valence-electron chi connectivity index (χ3n) is 6.09. The summed E-state index contributed by atoms with van der Waals surface area (Å²) in [5, 5.41) is 0.542. The van der Waals surface area contributed by atoms with Gasteiger partial charge in [0.25, 0.3) is 0 Å². The molecule has 0 spiro atoms. The van der Waals surface area contributed by atoms with E-state index in [2.05, 4.69) is 6.92 Å². The number of unbranched alkanes of at least 4 members (excludes halogenated alkanes) is 1. The Labute approximate surface area is 196 Å². The Morgan fingerprint density at radius 1 is 0.938 bits per heavy atom. The fourth-order valence-electron chi connectivity index (χ4n) is 3.93. The number of hydrogen-bond acceptors (Lipinski definition) is 3. The van der Waals surface area contributed by atoms with Gasteiger partial charge in [-0.25, -0.2) is 0 Å². The summed E-state index contributed by atoms with van der Waals surface area (Å²) >= 11 is 6.62. The maximum Gasteiger partial charge on any atom is 0.316 e. The monoisotopic (exact) mass is 450 g/mol. The van der Waals surface area contributed by atoms with Crippen molar-refractivity contribution in [3.8, 4) is 5.75 Å². The van der Waals surface area contributed by atoms with Gasteiger partial charge in [0, 0.05) is 10.9 Å². The SMILES string of the molecule is CCCCOC(=O)C(C)(c1ccccc1Cl)C(C)C(Oc1ccccc1)c1ccccc1. The number of hydrogen-bond donors (Lipinski definition) is 0. The average molecular weight is 451 g/mol. The Morgan fingerprint density at radius 3 is 2.16 bits per heavy atom. The van der Waals surface area contributed by atoms with Gasteiger partial charge in [-0.05, 0) is 42.7 Å². The minimum Gasteiger partial charge on any atom is -0.485 e. The second kappa shape index (κ2) is 11.2. The van der Waals surface area contributed by atoms with Crippen molar-refractivity contribution in [1.82, 2.24) is 0 Å². The normalized spacial score (nSPS) is 14.8. The molecule has 0 radical (unpaired) electrons. The van der Waals surface area contributed by atoms with Crippen molar-refractivity contribution in [3.05, 3.63) is 101 Å². The van der Waals surface area contributed by atoms with E-state index in [0.717, 1.165) is 29.7 Å². The number of rotatable bonds is 10. The van der Waals surface area contributed by atoms with Crippen LogP contribution in [0.2, 0.25) is 5.02 Å². The summed E-state index contributed by atoms with van der Waals surface area (Å²) in [7, 11) is 0. The largest absolute Gasteiger partial charge is 0.485 e. The molecule has 168 valence electrons. The fraction of sp³-hybridized carbons (Fsp3) is 0.321. The zero-order chi connectivity index (χ0) is 23.0. The summed E-state index contributed by atoms with van der Waals surface area (Å²) < 4.78 is 12.3. The topological polar surface area (TPSA) is 35.5 Å². The van der Waals surface area contributed by atoms with E-state index in [1.165, 1.54) is 0 Å². The summed E-state index contributed by atoms with van der Waals surface area (Å²) in [6, 6.07) is 27.2. The van der Waals surface area contributed by atoms with Crippen molar-refractivity contribution in [2.75, 3.05) is 6.61 Å². The lowest BCUT2D eigenvalue weighted by atomic mass is 9.69. The smallest absolute Gasteiger partial charge is 0.316 e. The summed E-state index contributed by atoms with van der Waals surface area (Å²) in [6.45, 7) is 6.41. The van der Waals surface area contributed by atoms with E-state index in [9.17, 15) is 4.79 Å². The van der Waals surface area contributed by atoms with E-state index >= 15 is 0 Å². The van der Waals surface area contributed by atoms with Crippen LogP contribution in [0.15, 0.2) is 84.9 Å². The Hall–Kier alpha value is -2.78. The quantitative estimate of drug-likeness (QED) is 0.238. The van der Waals surface area contributed by atoms with E-state index in [0.29, 0.717) is 11.6 Å². The van der Waals surface area contributed by atoms with Gasteiger partial charge < -0.3 is 9.47 Å². The van der Waals surface area contributed by atoms with Crippen molar-refractivity contribution in [2.45, 2.75) is 45.1 Å². The van der Waals surface area contributed by atoms with Crippen LogP contribution in [-0.2, 0) is 14.9 Å². The molecule has 32 heavy (non-hydrogen) atoms. The van der Waals surface area contributed by atoms with E-state index in [4.69, 9.17) is 21.1 Å². The van der Waals surface area contributed by atoms with Gasteiger partial charge in [0.1, 0.15) is 11.9 Å². The third-order valence-corrected chi connectivity index (χ3v) is 6.42. The van der Waals surface area contributed by atoms with E-state index in [1.54, 1.807) is 0 Å². The molecule has 0 aromatic heterocycles. The van der Waals surface area contributed by atoms with Gasteiger partial charge in [0.15, 0.2) is 0 Å². The highest BCUT2D eigenvalue weighted by molar-refractivity contribution is 6.31. The number of carbonyl (C=O) groups excluding carboxylic acids is 1. The van der Waals surface area contributed by atoms with Gasteiger partial charge in [0.2, 0.25) is 0 Å². The fourth-order valence-corrected chi connectivity index (χ4v) is 4.26. The van der Waals surface area contributed by atoms with E-state index < -0.39 is 11.5 Å². The van der Waals surface area contributed by atoms with Crippen LogP contribution >= 0.6 is 11.6 Å². The first-order valence-electron chi connectivity index (χ1n) is 11.2. The van der Waals surface area contributed by atoms with Gasteiger partial charge in [0.05, 0.1) is 12.0 Å². The molecular weight excluding hydrogens is 420 g/mol. The lowest BCUT2D eigenvalue weighted by Gasteiger charge is -2.39. The molecule has 3 aromatic rings. The molecule has 4 heteroatoms. The van der Waals surface area contributed by atoms with Crippen molar-refractivity contribution < 1.29 is 14.3 Å². The van der Waals surface area contributed by atoms with Gasteiger partial charge in [-0.2, -0.15) is 0 Å². The number of carbonyl (C=O) groups is 1. The third kappa shape index (κ3) is 5.34. The number of halogens is 1. The molecule has 0 bridgehead atoms. The highest BCUT2D eigenvalue weighted by atomic mass is 35.5. The van der Waals surface area contributed by atoms with Gasteiger partial charge >= 0.3 is 5.97 Å². The molecule has 3 nitrogen and oxygen atoms in total. The Morgan fingerprint density at radius 2 is 1.53 bits per heavy atom. The molecule has 0 N–H and O–H groups in total. The molecule has 0 aliphatic heterocycles. The van der Waals surface area contributed by atoms with E-state index in [1.807, 2.05) is 98.8 Å². The molecule has 3 atom stereocenters. The molecule has 3 unspecified atom stereocenters. The first kappa shape index (κ1) is 23.9. The number of ether oxygens (including phenoxy) is 2. The van der Waals surface area contributed by atoms with Gasteiger partial charge in [-0.3, -0.25) is 4.79 Å². The predicted molar refractivity (Wildman–Crippen MR) is 130 cm³/mol. The molecule has 3 aromatic carbocycles. The van der Waals surface area contributed by atoms with E-state index in [-0.39, 0.29) is 11.9 Å². The summed E-state index contributed by atoms with van der Waals surface area (Å²) in [4.78, 5) is 13.6. The summed E-state index contributed by atoms with van der Waals surface area (Å²) in [5.74, 6) is 0.178. The molecule has 0 amide bonds. The van der Waals surface area contributed by atoms with Crippen LogP contribution in [0.4, 0.5) is 0 Å². The molecule has 0 fully saturated rings. The Bertz CT molecular complexity index is 990. The van der Waals surface area contributed by atoms with Crippen LogP contribution in [0.3, 0.4) is 0 Å². The maximum atomic E-state index is 13.6. The minimum absolute atomic E-state index is 0.279. The Balaban J connectivity index is 2.07. The van der Waals surface area contributed by atoms with Crippen LogP contribution in [0.25, 0.3) is 0 Å². The highest BCUT2D eigenvalue weighted by Crippen LogP contribution is 2.44. The van der Waals surface area contributed by atoms with Crippen LogP contribution in [-0.4, -0.2) is 12.6 Å². The van der Waals surface area contributed by atoms with Crippen LogP contribution < -0.4 is 4.74 Å². The van der Waals surface area contributed by atoms with Gasteiger partial charge in [-0.15, -0.1) is 0 Å². The van der Waals surface area contributed by atoms with Crippen molar-refractivity contribution in [3.63, 3.8) is 0 Å². The predicted octanol–water partition coefficient (Wildman–Crippen LogP) is 7.40. The Kier molecular flexibility index (Phi) is 8.35. The number of benzene rings is 3. The second-order valence-electron chi connectivity index (χ2n) is 8.22. The first-order valence-corrected chi connectivity index (χ1v) is 11.5. The van der Waals surface area contributed by atoms with Crippen molar-refractivity contribution in [1.29, 1.82) is 0 Å². The van der Waals surface area contributed by atoms with Crippen LogP contribution in [0.5, 0.6) is 5.75 Å². The first-order chi connectivity index (χ1) is 15.5. The zero-order valence-electron chi connectivity index (χ0n) is 19.0. The maximum absolute atomic E-state index is 13.6. The molecule has 0 saturated carbocycles. The molecule has 0 heterocycles.